The van der Waals surface area contributed by atoms with Gasteiger partial charge in [-0.1, -0.05) is 127 Å². The molecule has 0 aliphatic carbocycles. The van der Waals surface area contributed by atoms with Crippen LogP contribution in [0.2, 0.25) is 10.0 Å². The molecule has 0 atom stereocenters. The molecule has 0 aliphatic rings. The first-order valence-corrected chi connectivity index (χ1v) is 18.0. The Hall–Kier alpha value is -0.480. The van der Waals surface area contributed by atoms with Crippen LogP contribution in [-0.4, -0.2) is 29.3 Å². The number of benzene rings is 1. The molecule has 240 valence electrons. The van der Waals surface area contributed by atoms with Gasteiger partial charge in [-0.2, -0.15) is 0 Å². The third-order valence-electron chi connectivity index (χ3n) is 8.63. The Kier molecular flexibility index (Phi) is 20.8. The molecule has 5 heteroatoms. The van der Waals surface area contributed by atoms with Crippen molar-refractivity contribution < 1.29 is 5.11 Å². The average Bonchev–Trinajstić information content (AvgIpc) is 2.92. The smallest absolute Gasteiger partial charge is 0.153 e. The van der Waals surface area contributed by atoms with E-state index in [1.54, 1.807) is 0 Å². The third kappa shape index (κ3) is 18.0. The lowest BCUT2D eigenvalue weighted by Crippen LogP contribution is -2.40. The van der Waals surface area contributed by atoms with Gasteiger partial charge in [0, 0.05) is 11.1 Å². The summed E-state index contributed by atoms with van der Waals surface area (Å²) in [7, 11) is 0. The topological polar surface area (TPSA) is 44.3 Å². The molecule has 0 saturated heterocycles. The molecule has 0 spiro atoms. The minimum atomic E-state index is 0.0215. The number of phenolic OH excluding ortho intramolecular Hbond substituents is 1. The van der Waals surface area contributed by atoms with Gasteiger partial charge in [-0.25, -0.2) is 0 Å². The summed E-state index contributed by atoms with van der Waals surface area (Å²) >= 11 is 13.0. The minimum Gasteiger partial charge on any atom is -0.505 e. The second-order valence-corrected chi connectivity index (χ2v) is 14.5. The number of aromatic hydroxyl groups is 1. The molecule has 0 radical (unpaired) electrons. The van der Waals surface area contributed by atoms with Crippen LogP contribution >= 0.6 is 23.2 Å². The van der Waals surface area contributed by atoms with Gasteiger partial charge in [0.2, 0.25) is 0 Å². The predicted molar refractivity (Wildman–Crippen MR) is 184 cm³/mol. The molecule has 1 aromatic carbocycles. The summed E-state index contributed by atoms with van der Waals surface area (Å²) in [6.45, 7) is 15.7. The van der Waals surface area contributed by atoms with Crippen molar-refractivity contribution in [3.8, 4) is 5.75 Å². The number of hydrogen-bond donors (Lipinski definition) is 3. The Morgan fingerprint density at radius 3 is 1.49 bits per heavy atom. The van der Waals surface area contributed by atoms with Crippen LogP contribution in [0, 0.1) is 0 Å². The van der Waals surface area contributed by atoms with Crippen molar-refractivity contribution in [3.63, 3.8) is 0 Å². The Morgan fingerprint density at radius 1 is 0.610 bits per heavy atom. The maximum Gasteiger partial charge on any atom is 0.153 e. The number of hydrogen-bond acceptors (Lipinski definition) is 3. The molecule has 0 aliphatic heterocycles. The Balaban J connectivity index is 2.45. The zero-order valence-electron chi connectivity index (χ0n) is 27.8. The number of rotatable bonds is 26. The average molecular weight is 614 g/mol. The van der Waals surface area contributed by atoms with Crippen LogP contribution in [-0.2, 0) is 12.8 Å². The van der Waals surface area contributed by atoms with Crippen LogP contribution in [0.15, 0.2) is 6.07 Å². The number of unbranched alkanes of at least 4 members (excludes halogenated alkanes) is 12. The van der Waals surface area contributed by atoms with Crippen molar-refractivity contribution in [2.45, 2.75) is 181 Å². The van der Waals surface area contributed by atoms with Crippen molar-refractivity contribution in [2.24, 2.45) is 0 Å². The predicted octanol–water partition coefficient (Wildman–Crippen LogP) is 11.6. The largest absolute Gasteiger partial charge is 0.505 e. The summed E-state index contributed by atoms with van der Waals surface area (Å²) in [5.41, 5.74) is 2.53. The molecule has 0 unspecified atom stereocenters. The fourth-order valence-electron chi connectivity index (χ4n) is 5.81. The molecule has 0 bridgehead atoms. The number of halogens is 2. The van der Waals surface area contributed by atoms with E-state index in [9.17, 15) is 5.11 Å². The maximum absolute atomic E-state index is 10.4. The van der Waals surface area contributed by atoms with Crippen LogP contribution < -0.4 is 10.6 Å². The van der Waals surface area contributed by atoms with Crippen molar-refractivity contribution in [1.29, 1.82) is 0 Å². The monoisotopic (exact) mass is 612 g/mol. The molecule has 0 fully saturated rings. The Labute approximate surface area is 265 Å². The molecule has 0 saturated carbocycles. The van der Waals surface area contributed by atoms with Crippen molar-refractivity contribution in [2.75, 3.05) is 13.1 Å². The van der Waals surface area contributed by atoms with Crippen LogP contribution in [0.1, 0.15) is 168 Å². The van der Waals surface area contributed by atoms with Gasteiger partial charge in [0.1, 0.15) is 0 Å². The third-order valence-corrected chi connectivity index (χ3v) is 9.33. The zero-order chi connectivity index (χ0) is 30.6. The first kappa shape index (κ1) is 38.5. The van der Waals surface area contributed by atoms with E-state index in [0.717, 1.165) is 44.3 Å². The van der Waals surface area contributed by atoms with Gasteiger partial charge in [-0.3, -0.25) is 0 Å². The van der Waals surface area contributed by atoms with Crippen molar-refractivity contribution in [1.82, 2.24) is 10.6 Å². The van der Waals surface area contributed by atoms with E-state index in [1.807, 2.05) is 6.07 Å². The fourth-order valence-corrected chi connectivity index (χ4v) is 6.41. The first-order valence-electron chi connectivity index (χ1n) is 17.2. The molecular formula is C36H66Cl2N2O. The van der Waals surface area contributed by atoms with Gasteiger partial charge in [-0.15, -0.1) is 0 Å². The number of nitrogens with one attached hydrogen (secondary N) is 2. The van der Waals surface area contributed by atoms with E-state index in [4.69, 9.17) is 23.2 Å². The van der Waals surface area contributed by atoms with Gasteiger partial charge < -0.3 is 15.7 Å². The highest BCUT2D eigenvalue weighted by atomic mass is 35.5. The van der Waals surface area contributed by atoms with Crippen LogP contribution in [0.25, 0.3) is 0 Å². The first-order chi connectivity index (χ1) is 19.5. The van der Waals surface area contributed by atoms with E-state index in [2.05, 4.69) is 52.2 Å². The minimum absolute atomic E-state index is 0.0215. The second-order valence-electron chi connectivity index (χ2n) is 13.7. The SMILES string of the molecule is CCCCCCCCCC(C)(C)NCCCc1cc(Cl)c(O)c(Cl)c1CCCNC(C)(C)CCCCCCCCC. The van der Waals surface area contributed by atoms with Gasteiger partial charge in [0.05, 0.1) is 10.0 Å². The fraction of sp³-hybridized carbons (Fsp3) is 0.833. The quantitative estimate of drug-likeness (QED) is 0.0911. The molecular weight excluding hydrogens is 547 g/mol. The lowest BCUT2D eigenvalue weighted by Gasteiger charge is -2.27. The van der Waals surface area contributed by atoms with Crippen molar-refractivity contribution in [3.05, 3.63) is 27.2 Å². The summed E-state index contributed by atoms with van der Waals surface area (Å²) < 4.78 is 0. The molecule has 3 N–H and O–H groups in total. The van der Waals surface area contributed by atoms with Gasteiger partial charge in [0.15, 0.2) is 5.75 Å². The summed E-state index contributed by atoms with van der Waals surface area (Å²) in [6.07, 6.45) is 25.1. The van der Waals surface area contributed by atoms with Crippen LogP contribution in [0.3, 0.4) is 0 Å². The van der Waals surface area contributed by atoms with E-state index in [-0.39, 0.29) is 16.8 Å². The van der Waals surface area contributed by atoms with Gasteiger partial charge in [0.25, 0.3) is 0 Å². The lowest BCUT2D eigenvalue weighted by molar-refractivity contribution is 0.344. The van der Waals surface area contributed by atoms with Gasteiger partial charge >= 0.3 is 0 Å². The lowest BCUT2D eigenvalue weighted by atomic mass is 9.94. The van der Waals surface area contributed by atoms with Crippen LogP contribution in [0.5, 0.6) is 5.75 Å². The molecule has 0 aromatic heterocycles. The zero-order valence-corrected chi connectivity index (χ0v) is 29.3. The van der Waals surface area contributed by atoms with Crippen molar-refractivity contribution >= 4 is 23.2 Å². The Morgan fingerprint density at radius 2 is 1.02 bits per heavy atom. The highest BCUT2D eigenvalue weighted by Crippen LogP contribution is 2.38. The van der Waals surface area contributed by atoms with E-state index in [0.29, 0.717) is 10.0 Å². The second kappa shape index (κ2) is 22.1. The highest BCUT2D eigenvalue weighted by molar-refractivity contribution is 6.37. The molecule has 0 amide bonds. The highest BCUT2D eigenvalue weighted by Gasteiger charge is 2.19. The number of aryl methyl sites for hydroxylation is 1. The molecule has 1 aromatic rings. The normalized spacial score (nSPS) is 12.4. The Bertz CT molecular complexity index is 809. The standard InChI is InChI=1S/C36H66Cl2N2O/c1-7-9-11-13-15-17-19-25-35(3,4)39-27-21-23-30-29-32(37)34(41)33(38)31(30)24-22-28-40-36(5,6)26-20-18-16-14-12-10-8-2/h29,39-41H,7-28H2,1-6H3. The molecule has 3 nitrogen and oxygen atoms in total. The van der Waals surface area contributed by atoms with E-state index < -0.39 is 0 Å². The molecule has 0 heterocycles. The molecule has 1 rings (SSSR count). The van der Waals surface area contributed by atoms with E-state index >= 15 is 0 Å². The van der Waals surface area contributed by atoms with E-state index in [1.165, 1.54) is 108 Å². The maximum atomic E-state index is 10.4. The number of phenols is 1. The van der Waals surface area contributed by atoms with Gasteiger partial charge in [-0.05, 0) is 96.5 Å². The summed E-state index contributed by atoms with van der Waals surface area (Å²) in [6, 6.07) is 1.93. The van der Waals surface area contributed by atoms with Crippen LogP contribution in [0.4, 0.5) is 0 Å². The molecule has 41 heavy (non-hydrogen) atoms. The summed E-state index contributed by atoms with van der Waals surface area (Å²) in [5, 5.41) is 18.8. The summed E-state index contributed by atoms with van der Waals surface area (Å²) in [4.78, 5) is 0. The summed E-state index contributed by atoms with van der Waals surface area (Å²) in [5.74, 6) is 0.0215.